The van der Waals surface area contributed by atoms with Crippen LogP contribution in [0.3, 0.4) is 0 Å². The predicted molar refractivity (Wildman–Crippen MR) is 88.5 cm³/mol. The average Bonchev–Trinajstić information content (AvgIpc) is 2.85. The Hall–Kier alpha value is -0.0800. The molecule has 0 aromatic carbocycles. The molecule has 0 aliphatic heterocycles. The second-order valence-electron chi connectivity index (χ2n) is 9.58. The van der Waals surface area contributed by atoms with Crippen molar-refractivity contribution in [1.82, 2.24) is 0 Å². The van der Waals surface area contributed by atoms with Crippen LogP contribution in [-0.2, 0) is 4.74 Å². The van der Waals surface area contributed by atoms with E-state index in [4.69, 9.17) is 4.74 Å². The summed E-state index contributed by atoms with van der Waals surface area (Å²) in [6, 6.07) is 0. The first kappa shape index (κ1) is 15.4. The average molecular weight is 306 g/mol. The van der Waals surface area contributed by atoms with Crippen LogP contribution >= 0.6 is 0 Å². The van der Waals surface area contributed by atoms with Crippen molar-refractivity contribution >= 4 is 0 Å². The van der Waals surface area contributed by atoms with Gasteiger partial charge in [-0.2, -0.15) is 0 Å². The van der Waals surface area contributed by atoms with Crippen LogP contribution in [-0.4, -0.2) is 24.4 Å². The van der Waals surface area contributed by atoms with Gasteiger partial charge in [0.2, 0.25) is 0 Å². The van der Waals surface area contributed by atoms with E-state index in [0.717, 1.165) is 36.5 Å². The zero-order chi connectivity index (χ0) is 15.5. The van der Waals surface area contributed by atoms with E-state index in [9.17, 15) is 5.11 Å². The van der Waals surface area contributed by atoms with E-state index in [1.54, 1.807) is 0 Å². The van der Waals surface area contributed by atoms with Crippen molar-refractivity contribution in [2.45, 2.75) is 83.8 Å². The molecule has 8 atom stereocenters. The van der Waals surface area contributed by atoms with Crippen LogP contribution < -0.4 is 0 Å². The highest BCUT2D eigenvalue weighted by atomic mass is 16.5. The molecule has 0 saturated heterocycles. The molecule has 0 aromatic heterocycles. The Morgan fingerprint density at radius 3 is 2.55 bits per heavy atom. The van der Waals surface area contributed by atoms with Gasteiger partial charge in [0.1, 0.15) is 0 Å². The van der Waals surface area contributed by atoms with Crippen LogP contribution in [0.2, 0.25) is 0 Å². The standard InChI is InChI=1S/C20H34O2/c1-19-8-7-17-16(18(19)11-15(12-19)22-3)5-4-13-10-14(21)6-9-20(13,17)2/h13-18,21H,4-12H2,1-3H3/t13?,14?,15-,16+,17?,18?,19+,20-/m1/s1. The number of aliphatic hydroxyl groups excluding tert-OH is 1. The Balaban J connectivity index is 1.60. The largest absolute Gasteiger partial charge is 0.393 e. The zero-order valence-corrected chi connectivity index (χ0v) is 14.7. The molecular weight excluding hydrogens is 272 g/mol. The smallest absolute Gasteiger partial charge is 0.0579 e. The molecule has 126 valence electrons. The van der Waals surface area contributed by atoms with Crippen LogP contribution in [0.15, 0.2) is 0 Å². The molecule has 1 N–H and O–H groups in total. The molecular formula is C20H34O2. The summed E-state index contributed by atoms with van der Waals surface area (Å²) >= 11 is 0. The molecule has 0 bridgehead atoms. The molecule has 4 unspecified atom stereocenters. The first-order chi connectivity index (χ1) is 10.5. The number of fused-ring (bicyclic) bond motifs is 5. The van der Waals surface area contributed by atoms with Crippen molar-refractivity contribution in [3.8, 4) is 0 Å². The van der Waals surface area contributed by atoms with Crippen LogP contribution in [0, 0.1) is 34.5 Å². The summed E-state index contributed by atoms with van der Waals surface area (Å²) in [7, 11) is 1.91. The fourth-order valence-corrected chi connectivity index (χ4v) is 7.41. The fourth-order valence-electron chi connectivity index (χ4n) is 7.41. The molecule has 4 saturated carbocycles. The predicted octanol–water partition coefficient (Wildman–Crippen LogP) is 4.41. The molecule has 0 aromatic rings. The molecule has 0 spiro atoms. The molecule has 0 amide bonds. The Kier molecular flexibility index (Phi) is 3.66. The van der Waals surface area contributed by atoms with Crippen molar-refractivity contribution in [3.63, 3.8) is 0 Å². The van der Waals surface area contributed by atoms with Gasteiger partial charge in [-0.3, -0.25) is 0 Å². The van der Waals surface area contributed by atoms with Crippen LogP contribution in [0.25, 0.3) is 0 Å². The molecule has 2 heteroatoms. The second kappa shape index (κ2) is 5.21. The van der Waals surface area contributed by atoms with Gasteiger partial charge < -0.3 is 9.84 Å². The maximum atomic E-state index is 10.1. The quantitative estimate of drug-likeness (QED) is 0.778. The zero-order valence-electron chi connectivity index (χ0n) is 14.7. The van der Waals surface area contributed by atoms with E-state index >= 15 is 0 Å². The van der Waals surface area contributed by atoms with Gasteiger partial charge >= 0.3 is 0 Å². The first-order valence-corrected chi connectivity index (χ1v) is 9.67. The van der Waals surface area contributed by atoms with Gasteiger partial charge in [-0.25, -0.2) is 0 Å². The molecule has 0 radical (unpaired) electrons. The molecule has 0 heterocycles. The maximum absolute atomic E-state index is 10.1. The minimum atomic E-state index is -0.0205. The van der Waals surface area contributed by atoms with Crippen molar-refractivity contribution in [2.24, 2.45) is 34.5 Å². The van der Waals surface area contributed by atoms with Gasteiger partial charge in [-0.1, -0.05) is 13.8 Å². The lowest BCUT2D eigenvalue weighted by molar-refractivity contribution is -0.120. The molecule has 4 aliphatic rings. The van der Waals surface area contributed by atoms with Crippen molar-refractivity contribution in [2.75, 3.05) is 7.11 Å². The molecule has 2 nitrogen and oxygen atoms in total. The Bertz CT molecular complexity index is 435. The van der Waals surface area contributed by atoms with E-state index in [0.29, 0.717) is 16.9 Å². The van der Waals surface area contributed by atoms with E-state index in [1.807, 2.05) is 7.11 Å². The number of aliphatic hydroxyl groups is 1. The first-order valence-electron chi connectivity index (χ1n) is 9.67. The lowest BCUT2D eigenvalue weighted by atomic mass is 9.45. The monoisotopic (exact) mass is 306 g/mol. The van der Waals surface area contributed by atoms with E-state index < -0.39 is 0 Å². The summed E-state index contributed by atoms with van der Waals surface area (Å²) in [5.74, 6) is 3.50. The minimum absolute atomic E-state index is 0.0205. The topological polar surface area (TPSA) is 29.5 Å². The lowest BCUT2D eigenvalue weighted by Crippen LogP contribution is -2.53. The second-order valence-corrected chi connectivity index (χ2v) is 9.58. The summed E-state index contributed by atoms with van der Waals surface area (Å²) in [6.07, 6.45) is 12.1. The Labute approximate surface area is 136 Å². The van der Waals surface area contributed by atoms with E-state index in [-0.39, 0.29) is 6.10 Å². The van der Waals surface area contributed by atoms with Gasteiger partial charge in [0.15, 0.2) is 0 Å². The van der Waals surface area contributed by atoms with Gasteiger partial charge in [0.05, 0.1) is 12.2 Å². The van der Waals surface area contributed by atoms with Crippen molar-refractivity contribution in [3.05, 3.63) is 0 Å². The van der Waals surface area contributed by atoms with Gasteiger partial charge in [0.25, 0.3) is 0 Å². The maximum Gasteiger partial charge on any atom is 0.0579 e. The third-order valence-corrected chi connectivity index (χ3v) is 8.70. The summed E-state index contributed by atoms with van der Waals surface area (Å²) in [5, 5.41) is 10.1. The molecule has 4 rings (SSSR count). The van der Waals surface area contributed by atoms with Crippen molar-refractivity contribution in [1.29, 1.82) is 0 Å². The summed E-state index contributed by atoms with van der Waals surface area (Å²) in [6.45, 7) is 5.12. The highest BCUT2D eigenvalue weighted by Gasteiger charge is 2.59. The molecule has 22 heavy (non-hydrogen) atoms. The van der Waals surface area contributed by atoms with Crippen molar-refractivity contribution < 1.29 is 9.84 Å². The van der Waals surface area contributed by atoms with Gasteiger partial charge in [-0.05, 0) is 92.3 Å². The molecule has 4 fully saturated rings. The fraction of sp³-hybridized carbons (Fsp3) is 1.00. The van der Waals surface area contributed by atoms with Crippen LogP contribution in [0.1, 0.15) is 71.6 Å². The Morgan fingerprint density at radius 1 is 0.955 bits per heavy atom. The number of methoxy groups -OCH3 is 1. The normalized spacial score (nSPS) is 57.8. The Morgan fingerprint density at radius 2 is 1.77 bits per heavy atom. The summed E-state index contributed by atoms with van der Waals surface area (Å²) < 4.78 is 5.76. The third-order valence-electron chi connectivity index (χ3n) is 8.70. The SMILES string of the molecule is CO[C@@H]1CC2[C@H]3CCC4CC(O)CC[C@@]4(C)C3CC[C@@]2(C)C1. The lowest BCUT2D eigenvalue weighted by Gasteiger charge is -2.60. The van der Waals surface area contributed by atoms with E-state index in [1.165, 1.54) is 44.9 Å². The number of hydrogen-bond donors (Lipinski definition) is 1. The highest BCUT2D eigenvalue weighted by molar-refractivity contribution is 5.08. The number of ether oxygens (including phenoxy) is 1. The number of hydrogen-bond acceptors (Lipinski definition) is 2. The van der Waals surface area contributed by atoms with Crippen LogP contribution in [0.4, 0.5) is 0 Å². The van der Waals surface area contributed by atoms with Gasteiger partial charge in [0, 0.05) is 7.11 Å². The van der Waals surface area contributed by atoms with E-state index in [2.05, 4.69) is 13.8 Å². The summed E-state index contributed by atoms with van der Waals surface area (Å²) in [4.78, 5) is 0. The molecule has 4 aliphatic carbocycles. The van der Waals surface area contributed by atoms with Gasteiger partial charge in [-0.15, -0.1) is 0 Å². The summed E-state index contributed by atoms with van der Waals surface area (Å²) in [5.41, 5.74) is 1.05. The highest BCUT2D eigenvalue weighted by Crippen LogP contribution is 2.66. The minimum Gasteiger partial charge on any atom is -0.393 e. The number of rotatable bonds is 1. The third kappa shape index (κ3) is 2.13. The van der Waals surface area contributed by atoms with Crippen LogP contribution in [0.5, 0.6) is 0 Å².